The number of nitrogens with zero attached hydrogens (tertiary/aromatic N) is 2. The molecule has 0 aliphatic carbocycles. The molecule has 4 heteroatoms. The summed E-state index contributed by atoms with van der Waals surface area (Å²) in [5, 5.41) is 3.36. The van der Waals surface area contributed by atoms with Gasteiger partial charge in [0, 0.05) is 17.8 Å². The van der Waals surface area contributed by atoms with Crippen molar-refractivity contribution in [2.24, 2.45) is 5.92 Å². The zero-order valence-electron chi connectivity index (χ0n) is 12.9. The van der Waals surface area contributed by atoms with Crippen LogP contribution in [0.1, 0.15) is 52.7 Å². The van der Waals surface area contributed by atoms with E-state index in [-0.39, 0.29) is 0 Å². The molecule has 1 heterocycles. The summed E-state index contributed by atoms with van der Waals surface area (Å²) in [6.07, 6.45) is 3.31. The van der Waals surface area contributed by atoms with E-state index >= 15 is 0 Å². The minimum atomic E-state index is 0.371. The Kier molecular flexibility index (Phi) is 6.60. The number of ether oxygens (including phenoxy) is 1. The Labute approximate surface area is 117 Å². The lowest BCUT2D eigenvalue weighted by atomic mass is 10.0. The maximum Gasteiger partial charge on any atom is 0.226 e. The third-order valence-electron chi connectivity index (χ3n) is 3.11. The highest BCUT2D eigenvalue weighted by molar-refractivity contribution is 5.31. The minimum absolute atomic E-state index is 0.371. The molecule has 1 N–H and O–H groups in total. The first-order chi connectivity index (χ1) is 9.05. The van der Waals surface area contributed by atoms with E-state index in [1.165, 1.54) is 6.42 Å². The Bertz CT molecular complexity index is 382. The van der Waals surface area contributed by atoms with Crippen LogP contribution in [0, 0.1) is 12.8 Å². The lowest BCUT2D eigenvalue weighted by Gasteiger charge is -2.18. The third-order valence-corrected chi connectivity index (χ3v) is 3.11. The van der Waals surface area contributed by atoms with Crippen LogP contribution in [0.3, 0.4) is 0 Å². The van der Waals surface area contributed by atoms with Crippen LogP contribution in [0.4, 0.5) is 5.95 Å². The normalized spacial score (nSPS) is 13.9. The summed E-state index contributed by atoms with van der Waals surface area (Å²) in [6, 6.07) is 2.25. The van der Waals surface area contributed by atoms with Crippen LogP contribution in [-0.4, -0.2) is 22.6 Å². The van der Waals surface area contributed by atoms with E-state index in [1.807, 2.05) is 13.0 Å². The highest BCUT2D eigenvalue weighted by Crippen LogP contribution is 2.16. The van der Waals surface area contributed by atoms with Gasteiger partial charge < -0.3 is 10.1 Å². The fraction of sp³-hybridized carbons (Fsp3) is 0.733. The lowest BCUT2D eigenvalue weighted by Crippen LogP contribution is -2.20. The topological polar surface area (TPSA) is 47.0 Å². The van der Waals surface area contributed by atoms with Gasteiger partial charge in [-0.15, -0.1) is 0 Å². The number of aryl methyl sites for hydroxylation is 1. The molecule has 2 unspecified atom stereocenters. The average molecular weight is 265 g/mol. The van der Waals surface area contributed by atoms with E-state index in [9.17, 15) is 0 Å². The van der Waals surface area contributed by atoms with Gasteiger partial charge >= 0.3 is 0 Å². The first kappa shape index (κ1) is 15.7. The number of aromatic nitrogens is 2. The maximum absolute atomic E-state index is 5.57. The largest absolute Gasteiger partial charge is 0.478 e. The summed E-state index contributed by atoms with van der Waals surface area (Å²) < 4.78 is 5.57. The summed E-state index contributed by atoms with van der Waals surface area (Å²) in [5.41, 5.74) is 0.930. The van der Waals surface area contributed by atoms with Crippen LogP contribution < -0.4 is 10.1 Å². The van der Waals surface area contributed by atoms with Crippen LogP contribution in [0.25, 0.3) is 0 Å². The quantitative estimate of drug-likeness (QED) is 0.776. The van der Waals surface area contributed by atoms with Crippen molar-refractivity contribution in [2.45, 2.75) is 59.9 Å². The van der Waals surface area contributed by atoms with Crippen molar-refractivity contribution in [1.29, 1.82) is 0 Å². The Hall–Kier alpha value is -1.32. The SMILES string of the molecule is CCCOc1cc(C)nc(NC(C)CC(C)CC)n1. The molecular weight excluding hydrogens is 238 g/mol. The van der Waals surface area contributed by atoms with Gasteiger partial charge in [-0.2, -0.15) is 4.98 Å². The van der Waals surface area contributed by atoms with Crippen LogP contribution in [0.15, 0.2) is 6.07 Å². The number of anilines is 1. The van der Waals surface area contributed by atoms with Gasteiger partial charge in [-0.05, 0) is 32.6 Å². The van der Waals surface area contributed by atoms with Crippen molar-refractivity contribution >= 4 is 5.95 Å². The molecule has 19 heavy (non-hydrogen) atoms. The van der Waals surface area contributed by atoms with Crippen LogP contribution in [-0.2, 0) is 0 Å². The van der Waals surface area contributed by atoms with Crippen molar-refractivity contribution in [3.05, 3.63) is 11.8 Å². The van der Waals surface area contributed by atoms with Gasteiger partial charge in [0.1, 0.15) is 0 Å². The predicted octanol–water partition coefficient (Wildman–Crippen LogP) is 3.81. The van der Waals surface area contributed by atoms with Crippen LogP contribution in [0.2, 0.25) is 0 Å². The fourth-order valence-electron chi connectivity index (χ4n) is 1.93. The third kappa shape index (κ3) is 5.90. The summed E-state index contributed by atoms with van der Waals surface area (Å²) in [4.78, 5) is 8.81. The van der Waals surface area contributed by atoms with E-state index in [0.29, 0.717) is 30.4 Å². The molecule has 0 spiro atoms. The summed E-state index contributed by atoms with van der Waals surface area (Å²) in [7, 11) is 0. The zero-order chi connectivity index (χ0) is 14.3. The Morgan fingerprint density at radius 3 is 2.63 bits per heavy atom. The van der Waals surface area contributed by atoms with Gasteiger partial charge in [0.25, 0.3) is 0 Å². The average Bonchev–Trinajstić information content (AvgIpc) is 2.35. The molecule has 1 aromatic rings. The number of hydrogen-bond donors (Lipinski definition) is 1. The predicted molar refractivity (Wildman–Crippen MR) is 79.7 cm³/mol. The van der Waals surface area contributed by atoms with Crippen molar-refractivity contribution in [1.82, 2.24) is 9.97 Å². The highest BCUT2D eigenvalue weighted by atomic mass is 16.5. The van der Waals surface area contributed by atoms with Gasteiger partial charge in [0.2, 0.25) is 11.8 Å². The molecule has 0 aliphatic rings. The molecule has 1 aromatic heterocycles. The molecule has 0 aliphatic heterocycles. The molecule has 2 atom stereocenters. The first-order valence-corrected chi connectivity index (χ1v) is 7.30. The standard InChI is InChI=1S/C15H27N3O/c1-6-8-19-14-10-13(5)17-15(18-14)16-12(4)9-11(3)7-2/h10-12H,6-9H2,1-5H3,(H,16,17,18). The van der Waals surface area contributed by atoms with Gasteiger partial charge in [0.15, 0.2) is 0 Å². The van der Waals surface area contributed by atoms with Gasteiger partial charge in [0.05, 0.1) is 6.61 Å². The minimum Gasteiger partial charge on any atom is -0.478 e. The van der Waals surface area contributed by atoms with E-state index in [2.05, 4.69) is 43.0 Å². The van der Waals surface area contributed by atoms with Gasteiger partial charge in [-0.3, -0.25) is 0 Å². The summed E-state index contributed by atoms with van der Waals surface area (Å²) in [5.74, 6) is 2.04. The second-order valence-corrected chi connectivity index (χ2v) is 5.31. The lowest BCUT2D eigenvalue weighted by molar-refractivity contribution is 0.304. The Morgan fingerprint density at radius 2 is 2.00 bits per heavy atom. The Morgan fingerprint density at radius 1 is 1.26 bits per heavy atom. The number of hydrogen-bond acceptors (Lipinski definition) is 4. The number of rotatable bonds is 8. The van der Waals surface area contributed by atoms with Crippen molar-refractivity contribution in [3.63, 3.8) is 0 Å². The zero-order valence-corrected chi connectivity index (χ0v) is 12.9. The van der Waals surface area contributed by atoms with Crippen LogP contribution in [0.5, 0.6) is 5.88 Å². The molecule has 0 fully saturated rings. The maximum atomic E-state index is 5.57. The van der Waals surface area contributed by atoms with Crippen molar-refractivity contribution < 1.29 is 4.74 Å². The van der Waals surface area contributed by atoms with Crippen molar-refractivity contribution in [3.8, 4) is 5.88 Å². The van der Waals surface area contributed by atoms with E-state index in [1.54, 1.807) is 0 Å². The first-order valence-electron chi connectivity index (χ1n) is 7.30. The van der Waals surface area contributed by atoms with E-state index in [0.717, 1.165) is 18.5 Å². The number of nitrogens with one attached hydrogen (secondary N) is 1. The molecule has 1 rings (SSSR count). The molecule has 0 aromatic carbocycles. The Balaban J connectivity index is 2.64. The summed E-state index contributed by atoms with van der Waals surface area (Å²) in [6.45, 7) is 11.4. The fourth-order valence-corrected chi connectivity index (χ4v) is 1.93. The molecule has 4 nitrogen and oxygen atoms in total. The molecular formula is C15H27N3O. The van der Waals surface area contributed by atoms with E-state index < -0.39 is 0 Å². The monoisotopic (exact) mass is 265 g/mol. The second kappa shape index (κ2) is 7.97. The molecule has 0 saturated carbocycles. The smallest absolute Gasteiger partial charge is 0.226 e. The molecule has 108 valence electrons. The molecule has 0 bridgehead atoms. The van der Waals surface area contributed by atoms with Gasteiger partial charge in [-0.1, -0.05) is 27.2 Å². The van der Waals surface area contributed by atoms with Crippen LogP contribution >= 0.6 is 0 Å². The molecule has 0 amide bonds. The second-order valence-electron chi connectivity index (χ2n) is 5.31. The molecule has 0 saturated heterocycles. The van der Waals surface area contributed by atoms with E-state index in [4.69, 9.17) is 4.74 Å². The van der Waals surface area contributed by atoms with Crippen molar-refractivity contribution in [2.75, 3.05) is 11.9 Å². The summed E-state index contributed by atoms with van der Waals surface area (Å²) >= 11 is 0. The van der Waals surface area contributed by atoms with Gasteiger partial charge in [-0.25, -0.2) is 4.98 Å². The molecule has 0 radical (unpaired) electrons. The highest BCUT2D eigenvalue weighted by Gasteiger charge is 2.10.